The number of fused-ring (bicyclic) bond motifs is 1. The Kier molecular flexibility index (Phi) is 3.14. The van der Waals surface area contributed by atoms with Crippen molar-refractivity contribution in [2.75, 3.05) is 5.75 Å². The summed E-state index contributed by atoms with van der Waals surface area (Å²) < 4.78 is 0.691. The van der Waals surface area contributed by atoms with Crippen molar-refractivity contribution in [3.63, 3.8) is 0 Å². The molecule has 0 fully saturated rings. The largest absolute Gasteiger partial charge is 0.480 e. The van der Waals surface area contributed by atoms with Crippen LogP contribution in [0.15, 0.2) is 23.2 Å². The number of aliphatic imine (C=N–C) groups is 1. The molecule has 3 rings (SSSR count). The maximum absolute atomic E-state index is 10.9. The van der Waals surface area contributed by atoms with Crippen LogP contribution in [-0.2, 0) is 4.79 Å². The molecule has 1 atom stereocenters. The first-order valence-electron chi connectivity index (χ1n) is 5.53. The summed E-state index contributed by atoms with van der Waals surface area (Å²) in [5.74, 6) is -0.565. The molecule has 0 aliphatic carbocycles. The van der Waals surface area contributed by atoms with Crippen molar-refractivity contribution in [1.82, 2.24) is 4.98 Å². The van der Waals surface area contributed by atoms with Gasteiger partial charge >= 0.3 is 5.97 Å². The number of hydrogen-bond donors (Lipinski definition) is 1. The van der Waals surface area contributed by atoms with Gasteiger partial charge in [-0.2, -0.15) is 0 Å². The van der Waals surface area contributed by atoms with Gasteiger partial charge in [0.2, 0.25) is 0 Å². The Morgan fingerprint density at radius 2 is 2.30 bits per heavy atom. The number of carboxylic acid groups (broad SMARTS) is 1. The van der Waals surface area contributed by atoms with E-state index >= 15 is 0 Å². The van der Waals surface area contributed by atoms with Crippen LogP contribution in [0, 0.1) is 10.1 Å². The van der Waals surface area contributed by atoms with E-state index in [9.17, 15) is 14.9 Å². The van der Waals surface area contributed by atoms with Crippen molar-refractivity contribution in [3.8, 4) is 0 Å². The molecule has 1 N–H and O–H groups in total. The topological polar surface area (TPSA) is 106 Å². The summed E-state index contributed by atoms with van der Waals surface area (Å²) in [4.78, 5) is 29.6. The van der Waals surface area contributed by atoms with Crippen molar-refractivity contribution in [1.29, 1.82) is 0 Å². The number of thiazole rings is 1. The van der Waals surface area contributed by atoms with Crippen molar-refractivity contribution in [3.05, 3.63) is 33.3 Å². The average Bonchev–Trinajstić information content (AvgIpc) is 3.04. The standard InChI is InChI=1S/C11H7N3O4S2/c15-11(16)7-4-19-9(13-7)10-12-6-2-1-5(14(17)18)3-8(6)20-10/h1-3,7H,4H2,(H,15,16)/t7-/m1/s1. The predicted molar refractivity (Wildman–Crippen MR) is 76.7 cm³/mol. The number of benzene rings is 1. The highest BCUT2D eigenvalue weighted by Gasteiger charge is 2.27. The summed E-state index contributed by atoms with van der Waals surface area (Å²) in [6, 6.07) is 3.71. The van der Waals surface area contributed by atoms with E-state index in [0.717, 1.165) is 0 Å². The van der Waals surface area contributed by atoms with Crippen molar-refractivity contribution < 1.29 is 14.8 Å². The highest BCUT2D eigenvalue weighted by molar-refractivity contribution is 8.15. The van der Waals surface area contributed by atoms with Crippen LogP contribution in [0.2, 0.25) is 0 Å². The summed E-state index contributed by atoms with van der Waals surface area (Å²) in [5, 5.41) is 20.8. The maximum atomic E-state index is 10.9. The van der Waals surface area contributed by atoms with E-state index in [1.807, 2.05) is 0 Å². The van der Waals surface area contributed by atoms with E-state index in [0.29, 0.717) is 26.0 Å². The Morgan fingerprint density at radius 1 is 1.50 bits per heavy atom. The second-order valence-corrected chi connectivity index (χ2v) is 6.07. The summed E-state index contributed by atoms with van der Waals surface area (Å²) in [7, 11) is 0. The zero-order chi connectivity index (χ0) is 14.3. The van der Waals surface area contributed by atoms with E-state index in [4.69, 9.17) is 5.11 Å². The third kappa shape index (κ3) is 2.25. The molecule has 1 aromatic heterocycles. The van der Waals surface area contributed by atoms with Crippen LogP contribution in [-0.4, -0.2) is 37.8 Å². The lowest BCUT2D eigenvalue weighted by molar-refractivity contribution is -0.384. The first-order valence-corrected chi connectivity index (χ1v) is 7.33. The third-order valence-corrected chi connectivity index (χ3v) is 4.91. The molecule has 0 saturated carbocycles. The monoisotopic (exact) mass is 309 g/mol. The Balaban J connectivity index is 1.99. The minimum Gasteiger partial charge on any atom is -0.480 e. The number of nitrogens with zero attached hydrogens (tertiary/aromatic N) is 3. The smallest absolute Gasteiger partial charge is 0.329 e. The van der Waals surface area contributed by atoms with Crippen LogP contribution in [0.3, 0.4) is 0 Å². The molecule has 0 radical (unpaired) electrons. The van der Waals surface area contributed by atoms with Gasteiger partial charge in [0.1, 0.15) is 10.1 Å². The van der Waals surface area contributed by atoms with Crippen LogP contribution in [0.5, 0.6) is 0 Å². The molecular formula is C11H7N3O4S2. The minimum absolute atomic E-state index is 0.0112. The van der Waals surface area contributed by atoms with E-state index in [1.165, 1.54) is 35.2 Å². The van der Waals surface area contributed by atoms with Crippen molar-refractivity contribution in [2.24, 2.45) is 4.99 Å². The summed E-state index contributed by atoms with van der Waals surface area (Å²) in [6.45, 7) is 0. The van der Waals surface area contributed by atoms with Gasteiger partial charge in [-0.3, -0.25) is 15.1 Å². The fraction of sp³-hybridized carbons (Fsp3) is 0.182. The van der Waals surface area contributed by atoms with Gasteiger partial charge < -0.3 is 5.11 Å². The van der Waals surface area contributed by atoms with Gasteiger partial charge in [0.15, 0.2) is 6.04 Å². The lowest BCUT2D eigenvalue weighted by Crippen LogP contribution is -2.17. The summed E-state index contributed by atoms with van der Waals surface area (Å²) in [5.41, 5.74) is 0.662. The first-order chi connectivity index (χ1) is 9.54. The lowest BCUT2D eigenvalue weighted by atomic mass is 10.3. The minimum atomic E-state index is -0.954. The van der Waals surface area contributed by atoms with Crippen LogP contribution >= 0.6 is 23.1 Å². The Labute approximate surface area is 120 Å². The number of nitro groups is 1. The molecule has 1 aromatic carbocycles. The molecular weight excluding hydrogens is 302 g/mol. The van der Waals surface area contributed by atoms with Crippen LogP contribution in [0.1, 0.15) is 5.01 Å². The zero-order valence-electron chi connectivity index (χ0n) is 9.85. The molecule has 0 amide bonds. The Hall–Kier alpha value is -2.00. The quantitative estimate of drug-likeness (QED) is 0.688. The molecule has 2 heterocycles. The SMILES string of the molecule is O=C(O)[C@H]1CSC(c2nc3ccc([N+](=O)[O-])cc3s2)=N1. The van der Waals surface area contributed by atoms with Gasteiger partial charge in [0, 0.05) is 17.9 Å². The molecule has 20 heavy (non-hydrogen) atoms. The third-order valence-electron chi connectivity index (χ3n) is 2.70. The first kappa shape index (κ1) is 13.0. The number of thioether (sulfide) groups is 1. The number of aliphatic carboxylic acids is 1. The second kappa shape index (κ2) is 4.84. The van der Waals surface area contributed by atoms with Crippen LogP contribution in [0.4, 0.5) is 5.69 Å². The summed E-state index contributed by atoms with van der Waals surface area (Å²) in [6.07, 6.45) is 0. The maximum Gasteiger partial charge on any atom is 0.329 e. The Morgan fingerprint density at radius 3 is 2.95 bits per heavy atom. The highest BCUT2D eigenvalue weighted by Crippen LogP contribution is 2.31. The summed E-state index contributed by atoms with van der Waals surface area (Å²) >= 11 is 2.62. The Bertz CT molecular complexity index is 755. The molecule has 1 aliphatic heterocycles. The lowest BCUT2D eigenvalue weighted by Gasteiger charge is -1.93. The number of hydrogen-bond acceptors (Lipinski definition) is 7. The molecule has 0 spiro atoms. The molecule has 9 heteroatoms. The van der Waals surface area contributed by atoms with Gasteiger partial charge in [0.25, 0.3) is 5.69 Å². The predicted octanol–water partition coefficient (Wildman–Crippen LogP) is 2.15. The van der Waals surface area contributed by atoms with Crippen molar-refractivity contribution in [2.45, 2.75) is 6.04 Å². The van der Waals surface area contributed by atoms with E-state index in [1.54, 1.807) is 6.07 Å². The van der Waals surface area contributed by atoms with E-state index < -0.39 is 16.9 Å². The fourth-order valence-electron chi connectivity index (χ4n) is 1.74. The number of rotatable bonds is 3. The molecule has 0 unspecified atom stereocenters. The molecule has 1 aliphatic rings. The molecule has 102 valence electrons. The zero-order valence-corrected chi connectivity index (χ0v) is 11.5. The molecule has 7 nitrogen and oxygen atoms in total. The second-order valence-electron chi connectivity index (χ2n) is 4.03. The van der Waals surface area contributed by atoms with Gasteiger partial charge in [-0.25, -0.2) is 9.78 Å². The molecule has 0 saturated heterocycles. The van der Waals surface area contributed by atoms with Crippen LogP contribution in [0.25, 0.3) is 10.2 Å². The van der Waals surface area contributed by atoms with E-state index in [2.05, 4.69) is 9.98 Å². The normalized spacial score (nSPS) is 18.2. The number of nitro benzene ring substituents is 1. The average molecular weight is 309 g/mol. The van der Waals surface area contributed by atoms with Crippen molar-refractivity contribution >= 4 is 50.0 Å². The van der Waals surface area contributed by atoms with Gasteiger partial charge in [-0.1, -0.05) is 0 Å². The van der Waals surface area contributed by atoms with Gasteiger partial charge in [-0.15, -0.1) is 23.1 Å². The van der Waals surface area contributed by atoms with E-state index in [-0.39, 0.29) is 5.69 Å². The number of carbonyl (C=O) groups is 1. The number of carboxylic acids is 1. The molecule has 0 bridgehead atoms. The molecule has 2 aromatic rings. The number of aromatic nitrogens is 1. The van der Waals surface area contributed by atoms with Gasteiger partial charge in [-0.05, 0) is 6.07 Å². The van der Waals surface area contributed by atoms with Crippen LogP contribution < -0.4 is 0 Å². The highest BCUT2D eigenvalue weighted by atomic mass is 32.2. The fourth-order valence-corrected chi connectivity index (χ4v) is 3.83. The number of non-ortho nitro benzene ring substituents is 1. The van der Waals surface area contributed by atoms with Gasteiger partial charge in [0.05, 0.1) is 15.1 Å².